The molecular formula is C11H20O3. The second kappa shape index (κ2) is 8.73. The molecule has 82 valence electrons. The normalized spacial score (nSPS) is 12.4. The third kappa shape index (κ3) is 9.23. The molecule has 3 nitrogen and oxygen atoms in total. The second-order valence-corrected chi connectivity index (χ2v) is 3.85. The first-order chi connectivity index (χ1) is 6.66. The number of carboxylic acids is 1. The Labute approximate surface area is 85.5 Å². The van der Waals surface area contributed by atoms with Crippen LogP contribution in [0, 0.1) is 5.92 Å². The van der Waals surface area contributed by atoms with Gasteiger partial charge in [0.25, 0.3) is 0 Å². The lowest BCUT2D eigenvalue weighted by atomic mass is 10.00. The zero-order chi connectivity index (χ0) is 10.8. The summed E-state index contributed by atoms with van der Waals surface area (Å²) in [6, 6.07) is 0. The van der Waals surface area contributed by atoms with Crippen LogP contribution in [0.2, 0.25) is 0 Å². The number of hydrogen-bond donors (Lipinski definition) is 1. The zero-order valence-corrected chi connectivity index (χ0v) is 8.87. The molecule has 0 saturated heterocycles. The summed E-state index contributed by atoms with van der Waals surface area (Å²) in [6.07, 6.45) is 6.92. The van der Waals surface area contributed by atoms with Gasteiger partial charge in [0.1, 0.15) is 6.29 Å². The second-order valence-electron chi connectivity index (χ2n) is 3.85. The minimum atomic E-state index is -0.709. The molecule has 0 amide bonds. The third-order valence-corrected chi connectivity index (χ3v) is 2.34. The van der Waals surface area contributed by atoms with Gasteiger partial charge in [-0.25, -0.2) is 0 Å². The maximum absolute atomic E-state index is 10.2. The largest absolute Gasteiger partial charge is 0.481 e. The first-order valence-corrected chi connectivity index (χ1v) is 5.32. The van der Waals surface area contributed by atoms with Gasteiger partial charge >= 0.3 is 5.97 Å². The van der Waals surface area contributed by atoms with E-state index in [1.807, 2.05) is 0 Å². The molecule has 0 saturated carbocycles. The van der Waals surface area contributed by atoms with E-state index in [9.17, 15) is 9.59 Å². The predicted molar refractivity (Wildman–Crippen MR) is 55.2 cm³/mol. The van der Waals surface area contributed by atoms with Crippen molar-refractivity contribution in [3.05, 3.63) is 0 Å². The van der Waals surface area contributed by atoms with Crippen LogP contribution in [0.4, 0.5) is 0 Å². The maximum Gasteiger partial charge on any atom is 0.303 e. The van der Waals surface area contributed by atoms with Gasteiger partial charge in [-0.05, 0) is 12.3 Å². The van der Waals surface area contributed by atoms with Crippen molar-refractivity contribution in [1.82, 2.24) is 0 Å². The first-order valence-electron chi connectivity index (χ1n) is 5.32. The fourth-order valence-electron chi connectivity index (χ4n) is 1.40. The molecule has 14 heavy (non-hydrogen) atoms. The van der Waals surface area contributed by atoms with Crippen LogP contribution in [0.1, 0.15) is 51.9 Å². The number of hydrogen-bond acceptors (Lipinski definition) is 2. The van der Waals surface area contributed by atoms with E-state index in [2.05, 4.69) is 6.92 Å². The lowest BCUT2D eigenvalue weighted by Crippen LogP contribution is -1.96. The lowest BCUT2D eigenvalue weighted by molar-refractivity contribution is -0.137. The Morgan fingerprint density at radius 3 is 2.50 bits per heavy atom. The Hall–Kier alpha value is -0.860. The number of unbranched alkanes of at least 4 members (excludes halogenated alkanes) is 3. The Balaban J connectivity index is 3.12. The van der Waals surface area contributed by atoms with Crippen LogP contribution in [0.25, 0.3) is 0 Å². The summed E-state index contributed by atoms with van der Waals surface area (Å²) in [5.41, 5.74) is 0. The minimum Gasteiger partial charge on any atom is -0.481 e. The maximum atomic E-state index is 10.2. The van der Waals surface area contributed by atoms with Crippen LogP contribution < -0.4 is 0 Å². The predicted octanol–water partition coefficient (Wildman–Crippen LogP) is 2.64. The quantitative estimate of drug-likeness (QED) is 0.460. The van der Waals surface area contributed by atoms with E-state index in [4.69, 9.17) is 5.11 Å². The molecule has 0 rings (SSSR count). The summed E-state index contributed by atoms with van der Waals surface area (Å²) in [5.74, 6) is -0.230. The molecule has 1 unspecified atom stereocenters. The van der Waals surface area contributed by atoms with E-state index in [1.54, 1.807) is 0 Å². The Morgan fingerprint density at radius 2 is 1.93 bits per heavy atom. The zero-order valence-electron chi connectivity index (χ0n) is 8.87. The van der Waals surface area contributed by atoms with Crippen molar-refractivity contribution in [3.63, 3.8) is 0 Å². The van der Waals surface area contributed by atoms with Crippen molar-refractivity contribution in [3.8, 4) is 0 Å². The van der Waals surface area contributed by atoms with Gasteiger partial charge in [0.2, 0.25) is 0 Å². The molecule has 3 heteroatoms. The number of rotatable bonds is 9. The van der Waals surface area contributed by atoms with Gasteiger partial charge in [0, 0.05) is 12.8 Å². The molecule has 0 aliphatic heterocycles. The highest BCUT2D eigenvalue weighted by atomic mass is 16.4. The summed E-state index contributed by atoms with van der Waals surface area (Å²) < 4.78 is 0. The molecule has 1 N–H and O–H groups in total. The molecule has 0 bridgehead atoms. The van der Waals surface area contributed by atoms with Gasteiger partial charge in [-0.1, -0.05) is 32.6 Å². The van der Waals surface area contributed by atoms with E-state index in [1.165, 1.54) is 0 Å². The van der Waals surface area contributed by atoms with E-state index in [-0.39, 0.29) is 6.42 Å². The highest BCUT2D eigenvalue weighted by molar-refractivity contribution is 5.66. The van der Waals surface area contributed by atoms with Gasteiger partial charge in [-0.3, -0.25) is 4.79 Å². The van der Waals surface area contributed by atoms with Crippen LogP contribution in [0.5, 0.6) is 0 Å². The van der Waals surface area contributed by atoms with Gasteiger partial charge in [-0.15, -0.1) is 0 Å². The summed E-state index contributed by atoms with van der Waals surface area (Å²) >= 11 is 0. The lowest BCUT2D eigenvalue weighted by Gasteiger charge is -2.06. The first kappa shape index (κ1) is 13.1. The summed E-state index contributed by atoms with van der Waals surface area (Å²) in [5, 5.41) is 8.39. The highest BCUT2D eigenvalue weighted by Crippen LogP contribution is 2.12. The van der Waals surface area contributed by atoms with Crippen LogP contribution >= 0.6 is 0 Å². The standard InChI is InChI=1S/C11H20O3/c1-10(8-9-12)6-4-2-3-5-7-11(13)14/h9-10H,2-8H2,1H3,(H,13,14). The molecule has 0 aromatic rings. The molecule has 1 atom stereocenters. The van der Waals surface area contributed by atoms with E-state index in [0.717, 1.165) is 38.4 Å². The Morgan fingerprint density at radius 1 is 1.29 bits per heavy atom. The average molecular weight is 200 g/mol. The molecule has 0 heterocycles. The van der Waals surface area contributed by atoms with Gasteiger partial charge in [0.15, 0.2) is 0 Å². The monoisotopic (exact) mass is 200 g/mol. The number of aliphatic carboxylic acids is 1. The Bertz CT molecular complexity index is 166. The Kier molecular flexibility index (Phi) is 8.19. The van der Waals surface area contributed by atoms with Crippen molar-refractivity contribution < 1.29 is 14.7 Å². The summed E-state index contributed by atoms with van der Waals surface area (Å²) in [6.45, 7) is 2.08. The number of carboxylic acid groups (broad SMARTS) is 1. The number of carbonyl (C=O) groups excluding carboxylic acids is 1. The SMILES string of the molecule is CC(CC=O)CCCCCCC(=O)O. The van der Waals surface area contributed by atoms with Crippen molar-refractivity contribution in [2.45, 2.75) is 51.9 Å². The van der Waals surface area contributed by atoms with E-state index in [0.29, 0.717) is 12.3 Å². The van der Waals surface area contributed by atoms with Gasteiger partial charge < -0.3 is 9.90 Å². The van der Waals surface area contributed by atoms with Crippen LogP contribution in [0.15, 0.2) is 0 Å². The molecule has 0 aliphatic carbocycles. The third-order valence-electron chi connectivity index (χ3n) is 2.34. The molecule has 0 aromatic heterocycles. The van der Waals surface area contributed by atoms with E-state index >= 15 is 0 Å². The number of carbonyl (C=O) groups is 2. The van der Waals surface area contributed by atoms with Crippen LogP contribution in [-0.2, 0) is 9.59 Å². The topological polar surface area (TPSA) is 54.4 Å². The van der Waals surface area contributed by atoms with Crippen LogP contribution in [0.3, 0.4) is 0 Å². The van der Waals surface area contributed by atoms with Crippen molar-refractivity contribution >= 4 is 12.3 Å². The summed E-state index contributed by atoms with van der Waals surface area (Å²) in [4.78, 5) is 20.3. The van der Waals surface area contributed by atoms with Gasteiger partial charge in [-0.2, -0.15) is 0 Å². The summed E-state index contributed by atoms with van der Waals surface area (Å²) in [7, 11) is 0. The molecule has 0 radical (unpaired) electrons. The molecule has 0 aromatic carbocycles. The van der Waals surface area contributed by atoms with Crippen molar-refractivity contribution in [2.75, 3.05) is 0 Å². The highest BCUT2D eigenvalue weighted by Gasteiger charge is 2.01. The molecule has 0 spiro atoms. The fourth-order valence-corrected chi connectivity index (χ4v) is 1.40. The molecule has 0 aliphatic rings. The van der Waals surface area contributed by atoms with Gasteiger partial charge in [0.05, 0.1) is 0 Å². The minimum absolute atomic E-state index is 0.282. The smallest absolute Gasteiger partial charge is 0.303 e. The molecular weight excluding hydrogens is 180 g/mol. The van der Waals surface area contributed by atoms with E-state index < -0.39 is 5.97 Å². The average Bonchev–Trinajstić information content (AvgIpc) is 2.11. The number of aldehydes is 1. The van der Waals surface area contributed by atoms with Crippen molar-refractivity contribution in [1.29, 1.82) is 0 Å². The molecule has 0 fully saturated rings. The van der Waals surface area contributed by atoms with Crippen LogP contribution in [-0.4, -0.2) is 17.4 Å². The van der Waals surface area contributed by atoms with Crippen molar-refractivity contribution in [2.24, 2.45) is 5.92 Å². The fraction of sp³-hybridized carbons (Fsp3) is 0.818.